The Morgan fingerprint density at radius 3 is 2.64 bits per heavy atom. The molecule has 0 aliphatic heterocycles. The van der Waals surface area contributed by atoms with Crippen LogP contribution < -0.4 is 5.73 Å². The van der Waals surface area contributed by atoms with Gasteiger partial charge in [-0.1, -0.05) is 41.9 Å². The van der Waals surface area contributed by atoms with Gasteiger partial charge in [-0.3, -0.25) is 0 Å². The van der Waals surface area contributed by atoms with Gasteiger partial charge in [0.15, 0.2) is 5.82 Å². The molecule has 0 aliphatic carbocycles. The number of nitrogen functional groups attached to an aromatic ring is 1. The molecule has 0 bridgehead atoms. The minimum absolute atomic E-state index is 0.164. The standard InChI is InChI=1S/C17H12ClN7/c18-12-6-4-5-11(9-12)15-14(10-20-17(19)21-15)16-22-23-24-25(16)13-7-2-1-3-8-13/h1-10H,(H2,19,20,21). The molecule has 0 saturated heterocycles. The Labute approximate surface area is 148 Å². The first-order chi connectivity index (χ1) is 12.2. The first-order valence-electron chi connectivity index (χ1n) is 7.45. The number of halogens is 1. The quantitative estimate of drug-likeness (QED) is 0.610. The lowest BCUT2D eigenvalue weighted by Crippen LogP contribution is -2.04. The van der Waals surface area contributed by atoms with Crippen molar-refractivity contribution in [2.45, 2.75) is 0 Å². The fourth-order valence-corrected chi connectivity index (χ4v) is 2.70. The minimum atomic E-state index is 0.164. The second-order valence-electron chi connectivity index (χ2n) is 5.25. The Morgan fingerprint density at radius 1 is 1.00 bits per heavy atom. The molecule has 2 aromatic heterocycles. The lowest BCUT2D eigenvalue weighted by Gasteiger charge is -2.10. The van der Waals surface area contributed by atoms with E-state index in [1.54, 1.807) is 16.9 Å². The van der Waals surface area contributed by atoms with Crippen LogP contribution in [0, 0.1) is 0 Å². The van der Waals surface area contributed by atoms with E-state index in [9.17, 15) is 0 Å². The predicted molar refractivity (Wildman–Crippen MR) is 95.0 cm³/mol. The normalized spacial score (nSPS) is 10.8. The van der Waals surface area contributed by atoms with Crippen LogP contribution in [0.5, 0.6) is 0 Å². The Morgan fingerprint density at radius 2 is 1.84 bits per heavy atom. The van der Waals surface area contributed by atoms with Crippen molar-refractivity contribution in [2.75, 3.05) is 5.73 Å². The molecule has 2 N–H and O–H groups in total. The summed E-state index contributed by atoms with van der Waals surface area (Å²) in [5.41, 5.74) is 8.70. The molecule has 4 aromatic rings. The highest BCUT2D eigenvalue weighted by Crippen LogP contribution is 2.31. The van der Waals surface area contributed by atoms with Crippen LogP contribution in [-0.4, -0.2) is 30.2 Å². The van der Waals surface area contributed by atoms with Crippen molar-refractivity contribution in [3.63, 3.8) is 0 Å². The van der Waals surface area contributed by atoms with Crippen LogP contribution in [0.3, 0.4) is 0 Å². The third-order valence-electron chi connectivity index (χ3n) is 3.62. The summed E-state index contributed by atoms with van der Waals surface area (Å²) in [7, 11) is 0. The van der Waals surface area contributed by atoms with Crippen LogP contribution in [0.2, 0.25) is 5.02 Å². The van der Waals surface area contributed by atoms with Gasteiger partial charge in [-0.15, -0.1) is 5.10 Å². The largest absolute Gasteiger partial charge is 0.368 e. The summed E-state index contributed by atoms with van der Waals surface area (Å²) >= 11 is 6.12. The zero-order chi connectivity index (χ0) is 17.2. The van der Waals surface area contributed by atoms with E-state index >= 15 is 0 Å². The van der Waals surface area contributed by atoms with Gasteiger partial charge in [-0.05, 0) is 34.7 Å². The Balaban J connectivity index is 1.92. The Hall–Kier alpha value is -3.32. The number of aromatic nitrogens is 6. The molecule has 0 saturated carbocycles. The molecular weight excluding hydrogens is 338 g/mol. The fraction of sp³-hybridized carbons (Fsp3) is 0. The molecule has 0 unspecified atom stereocenters. The van der Waals surface area contributed by atoms with Crippen LogP contribution in [0.1, 0.15) is 0 Å². The summed E-state index contributed by atoms with van der Waals surface area (Å²) < 4.78 is 1.63. The molecule has 0 fully saturated rings. The van der Waals surface area contributed by atoms with Gasteiger partial charge in [0.2, 0.25) is 5.95 Å². The summed E-state index contributed by atoms with van der Waals surface area (Å²) in [6.07, 6.45) is 1.61. The van der Waals surface area contributed by atoms with Crippen LogP contribution in [0.25, 0.3) is 28.3 Å². The second-order valence-corrected chi connectivity index (χ2v) is 5.69. The van der Waals surface area contributed by atoms with E-state index in [2.05, 4.69) is 25.5 Å². The van der Waals surface area contributed by atoms with Gasteiger partial charge in [0, 0.05) is 16.8 Å². The average Bonchev–Trinajstić information content (AvgIpc) is 3.12. The molecule has 2 aromatic carbocycles. The van der Waals surface area contributed by atoms with Crippen LogP contribution in [0.4, 0.5) is 5.95 Å². The molecule has 0 aliphatic rings. The zero-order valence-corrected chi connectivity index (χ0v) is 13.7. The Bertz CT molecular complexity index is 1030. The average molecular weight is 350 g/mol. The summed E-state index contributed by atoms with van der Waals surface area (Å²) in [4.78, 5) is 8.48. The van der Waals surface area contributed by atoms with Crippen molar-refractivity contribution in [1.29, 1.82) is 0 Å². The number of rotatable bonds is 3. The molecule has 0 radical (unpaired) electrons. The zero-order valence-electron chi connectivity index (χ0n) is 12.9. The first-order valence-corrected chi connectivity index (χ1v) is 7.83. The van der Waals surface area contributed by atoms with E-state index in [1.165, 1.54) is 0 Å². The third-order valence-corrected chi connectivity index (χ3v) is 3.85. The van der Waals surface area contributed by atoms with Gasteiger partial charge in [0.1, 0.15) is 0 Å². The fourth-order valence-electron chi connectivity index (χ4n) is 2.51. The number of para-hydroxylation sites is 1. The van der Waals surface area contributed by atoms with Gasteiger partial charge >= 0.3 is 0 Å². The molecular formula is C17H12ClN7. The predicted octanol–water partition coefficient (Wildman–Crippen LogP) is 3.02. The maximum Gasteiger partial charge on any atom is 0.220 e. The molecule has 2 heterocycles. The molecule has 122 valence electrons. The van der Waals surface area contributed by atoms with Crippen molar-refractivity contribution in [2.24, 2.45) is 0 Å². The number of hydrogen-bond acceptors (Lipinski definition) is 6. The lowest BCUT2D eigenvalue weighted by atomic mass is 10.1. The highest BCUT2D eigenvalue weighted by atomic mass is 35.5. The number of anilines is 1. The summed E-state index contributed by atoms with van der Waals surface area (Å²) in [5.74, 6) is 0.679. The van der Waals surface area contributed by atoms with Crippen molar-refractivity contribution in [1.82, 2.24) is 30.2 Å². The number of hydrogen-bond donors (Lipinski definition) is 1. The third kappa shape index (κ3) is 2.92. The van der Waals surface area contributed by atoms with Gasteiger partial charge in [-0.2, -0.15) is 4.68 Å². The van der Waals surface area contributed by atoms with E-state index < -0.39 is 0 Å². The number of tetrazole rings is 1. The SMILES string of the molecule is Nc1ncc(-c2nnnn2-c2ccccc2)c(-c2cccc(Cl)c2)n1. The smallest absolute Gasteiger partial charge is 0.220 e. The van der Waals surface area contributed by atoms with Crippen molar-refractivity contribution in [3.8, 4) is 28.3 Å². The van der Waals surface area contributed by atoms with E-state index in [0.29, 0.717) is 22.1 Å². The molecule has 25 heavy (non-hydrogen) atoms. The molecule has 8 heteroatoms. The van der Waals surface area contributed by atoms with E-state index in [0.717, 1.165) is 11.3 Å². The maximum absolute atomic E-state index is 6.12. The van der Waals surface area contributed by atoms with Crippen LogP contribution >= 0.6 is 11.6 Å². The summed E-state index contributed by atoms with van der Waals surface area (Å²) in [5, 5.41) is 12.6. The lowest BCUT2D eigenvalue weighted by molar-refractivity contribution is 0.791. The summed E-state index contributed by atoms with van der Waals surface area (Å²) in [6.45, 7) is 0. The van der Waals surface area contributed by atoms with Crippen molar-refractivity contribution in [3.05, 3.63) is 65.8 Å². The van der Waals surface area contributed by atoms with Gasteiger partial charge in [0.05, 0.1) is 16.9 Å². The van der Waals surface area contributed by atoms with Crippen molar-refractivity contribution >= 4 is 17.5 Å². The Kier molecular flexibility index (Phi) is 3.83. The van der Waals surface area contributed by atoms with Gasteiger partial charge < -0.3 is 5.73 Å². The van der Waals surface area contributed by atoms with E-state index in [4.69, 9.17) is 17.3 Å². The maximum atomic E-state index is 6.12. The molecule has 4 rings (SSSR count). The molecule has 0 amide bonds. The van der Waals surface area contributed by atoms with Gasteiger partial charge in [-0.25, -0.2) is 9.97 Å². The first kappa shape index (κ1) is 15.2. The minimum Gasteiger partial charge on any atom is -0.368 e. The molecule has 0 spiro atoms. The topological polar surface area (TPSA) is 95.4 Å². The summed E-state index contributed by atoms with van der Waals surface area (Å²) in [6, 6.07) is 16.9. The van der Waals surface area contributed by atoms with Crippen LogP contribution in [0.15, 0.2) is 60.8 Å². The van der Waals surface area contributed by atoms with Crippen LogP contribution in [-0.2, 0) is 0 Å². The number of benzene rings is 2. The van der Waals surface area contributed by atoms with Gasteiger partial charge in [0.25, 0.3) is 0 Å². The highest BCUT2D eigenvalue weighted by molar-refractivity contribution is 6.30. The highest BCUT2D eigenvalue weighted by Gasteiger charge is 2.18. The van der Waals surface area contributed by atoms with E-state index in [1.807, 2.05) is 48.5 Å². The second kappa shape index (κ2) is 6.29. The number of nitrogens with zero attached hydrogens (tertiary/aromatic N) is 6. The number of nitrogens with two attached hydrogens (primary N) is 1. The molecule has 7 nitrogen and oxygen atoms in total. The van der Waals surface area contributed by atoms with E-state index in [-0.39, 0.29) is 5.95 Å². The van der Waals surface area contributed by atoms with Crippen molar-refractivity contribution < 1.29 is 0 Å². The molecule has 0 atom stereocenters. The monoisotopic (exact) mass is 349 g/mol.